The zero-order chi connectivity index (χ0) is 15.7. The molecule has 0 saturated carbocycles. The van der Waals surface area contributed by atoms with Gasteiger partial charge in [0.2, 0.25) is 0 Å². The van der Waals surface area contributed by atoms with E-state index in [1.165, 1.54) is 6.07 Å². The molecule has 0 aliphatic heterocycles. The van der Waals surface area contributed by atoms with Crippen LogP contribution in [0.15, 0.2) is 16.7 Å². The van der Waals surface area contributed by atoms with Gasteiger partial charge in [0.05, 0.1) is 23.0 Å². The van der Waals surface area contributed by atoms with Crippen molar-refractivity contribution in [3.63, 3.8) is 0 Å². The van der Waals surface area contributed by atoms with Crippen LogP contribution < -0.4 is 11.1 Å². The Balaban J connectivity index is 2.35. The van der Waals surface area contributed by atoms with Gasteiger partial charge in [0, 0.05) is 11.3 Å². The van der Waals surface area contributed by atoms with Crippen molar-refractivity contribution in [2.24, 2.45) is 0 Å². The third-order valence-electron chi connectivity index (χ3n) is 3.26. The van der Waals surface area contributed by atoms with E-state index >= 15 is 0 Å². The Morgan fingerprint density at radius 1 is 1.48 bits per heavy atom. The molecule has 7 heteroatoms. The van der Waals surface area contributed by atoms with Crippen LogP contribution in [0, 0.1) is 19.7 Å². The van der Waals surface area contributed by atoms with E-state index in [4.69, 9.17) is 15.4 Å². The first-order valence-electron chi connectivity index (χ1n) is 6.33. The van der Waals surface area contributed by atoms with Gasteiger partial charge in [0.25, 0.3) is 0 Å². The predicted molar refractivity (Wildman–Crippen MR) is 75.8 cm³/mol. The highest BCUT2D eigenvalue weighted by molar-refractivity contribution is 5.94. The number of carbonyl (C=O) groups is 1. The topological polar surface area (TPSA) is 101 Å². The third kappa shape index (κ3) is 2.81. The summed E-state index contributed by atoms with van der Waals surface area (Å²) in [7, 11) is 0. The molecule has 2 rings (SSSR count). The number of hydrogen-bond acceptors (Lipinski definition) is 5. The minimum absolute atomic E-state index is 0.0640. The van der Waals surface area contributed by atoms with Gasteiger partial charge in [-0.25, -0.2) is 9.18 Å². The summed E-state index contributed by atoms with van der Waals surface area (Å²) in [5, 5.41) is 15.8. The Morgan fingerprint density at radius 3 is 2.67 bits per heavy atom. The van der Waals surface area contributed by atoms with Crippen LogP contribution in [0.3, 0.4) is 0 Å². The van der Waals surface area contributed by atoms with Crippen molar-refractivity contribution in [1.29, 1.82) is 0 Å². The Hall–Kier alpha value is -2.57. The maximum Gasteiger partial charge on any atom is 0.337 e. The molecule has 0 bridgehead atoms. The zero-order valence-corrected chi connectivity index (χ0v) is 11.9. The molecule has 0 aliphatic rings. The second-order valence-corrected chi connectivity index (χ2v) is 4.83. The number of anilines is 2. The molecule has 0 aliphatic carbocycles. The number of benzene rings is 1. The molecule has 1 unspecified atom stereocenters. The number of aryl methyl sites for hydroxylation is 2. The monoisotopic (exact) mass is 293 g/mol. The quantitative estimate of drug-likeness (QED) is 0.749. The van der Waals surface area contributed by atoms with Gasteiger partial charge in [0.1, 0.15) is 11.6 Å². The molecule has 112 valence electrons. The molecule has 21 heavy (non-hydrogen) atoms. The van der Waals surface area contributed by atoms with E-state index in [0.717, 1.165) is 11.6 Å². The fourth-order valence-electron chi connectivity index (χ4n) is 2.30. The Kier molecular flexibility index (Phi) is 3.84. The number of rotatable bonds is 4. The summed E-state index contributed by atoms with van der Waals surface area (Å²) in [6.07, 6.45) is 0. The average molecular weight is 293 g/mol. The van der Waals surface area contributed by atoms with Gasteiger partial charge in [-0.2, -0.15) is 0 Å². The Morgan fingerprint density at radius 2 is 2.14 bits per heavy atom. The molecule has 4 N–H and O–H groups in total. The van der Waals surface area contributed by atoms with Gasteiger partial charge >= 0.3 is 5.97 Å². The largest absolute Gasteiger partial charge is 0.478 e. The smallest absolute Gasteiger partial charge is 0.337 e. The summed E-state index contributed by atoms with van der Waals surface area (Å²) in [5.41, 5.74) is 6.80. The fourth-order valence-corrected chi connectivity index (χ4v) is 2.30. The third-order valence-corrected chi connectivity index (χ3v) is 3.26. The number of nitrogens with zero attached hydrogens (tertiary/aromatic N) is 1. The minimum Gasteiger partial charge on any atom is -0.478 e. The molecule has 1 atom stereocenters. The first kappa shape index (κ1) is 14.8. The number of nitrogens with one attached hydrogen (secondary N) is 1. The second kappa shape index (κ2) is 5.43. The summed E-state index contributed by atoms with van der Waals surface area (Å²) >= 11 is 0. The first-order chi connectivity index (χ1) is 9.81. The van der Waals surface area contributed by atoms with Crippen LogP contribution >= 0.6 is 0 Å². The zero-order valence-electron chi connectivity index (χ0n) is 11.9. The molecule has 1 aromatic carbocycles. The van der Waals surface area contributed by atoms with Crippen molar-refractivity contribution in [1.82, 2.24) is 5.16 Å². The fraction of sp³-hybridized carbons (Fsp3) is 0.286. The highest BCUT2D eigenvalue weighted by Crippen LogP contribution is 2.28. The lowest BCUT2D eigenvalue weighted by Gasteiger charge is -2.16. The lowest BCUT2D eigenvalue weighted by Crippen LogP contribution is -2.12. The Bertz CT molecular complexity index is 678. The van der Waals surface area contributed by atoms with Crippen LogP contribution in [0.4, 0.5) is 15.8 Å². The molecular weight excluding hydrogens is 277 g/mol. The van der Waals surface area contributed by atoms with Crippen LogP contribution in [0.1, 0.15) is 40.3 Å². The SMILES string of the molecule is Cc1noc(C)c1C(C)Nc1cc(C(=O)O)c(N)cc1F. The number of carboxylic acid groups (broad SMARTS) is 1. The minimum atomic E-state index is -1.21. The number of nitrogens with two attached hydrogens (primary N) is 1. The summed E-state index contributed by atoms with van der Waals surface area (Å²) < 4.78 is 19.0. The molecule has 1 heterocycles. The standard InChI is InChI=1S/C14H16FN3O3/c1-6(13-7(2)18-21-8(13)3)17-12-4-9(14(19)20)11(16)5-10(12)15/h4-6,17H,16H2,1-3H3,(H,19,20). The summed E-state index contributed by atoms with van der Waals surface area (Å²) in [6.45, 7) is 5.35. The van der Waals surface area contributed by atoms with E-state index in [-0.39, 0.29) is 23.0 Å². The average Bonchev–Trinajstić information content (AvgIpc) is 2.71. The molecule has 0 fully saturated rings. The summed E-state index contributed by atoms with van der Waals surface area (Å²) in [4.78, 5) is 11.1. The lowest BCUT2D eigenvalue weighted by molar-refractivity contribution is 0.0698. The lowest BCUT2D eigenvalue weighted by atomic mass is 10.1. The van der Waals surface area contributed by atoms with Crippen molar-refractivity contribution in [3.8, 4) is 0 Å². The molecule has 0 radical (unpaired) electrons. The van der Waals surface area contributed by atoms with E-state index in [0.29, 0.717) is 11.5 Å². The molecule has 0 spiro atoms. The summed E-state index contributed by atoms with van der Waals surface area (Å²) in [5.74, 6) is -1.20. The highest BCUT2D eigenvalue weighted by atomic mass is 19.1. The van der Waals surface area contributed by atoms with Gasteiger partial charge in [0.15, 0.2) is 0 Å². The maximum absolute atomic E-state index is 13.9. The first-order valence-corrected chi connectivity index (χ1v) is 6.33. The highest BCUT2D eigenvalue weighted by Gasteiger charge is 2.19. The normalized spacial score (nSPS) is 12.2. The van der Waals surface area contributed by atoms with E-state index in [1.807, 2.05) is 6.92 Å². The molecule has 0 saturated heterocycles. The van der Waals surface area contributed by atoms with Gasteiger partial charge < -0.3 is 20.7 Å². The van der Waals surface area contributed by atoms with E-state index in [9.17, 15) is 9.18 Å². The second-order valence-electron chi connectivity index (χ2n) is 4.83. The van der Waals surface area contributed by atoms with Crippen LogP contribution in [-0.4, -0.2) is 16.2 Å². The Labute approximate surface area is 120 Å². The number of carboxylic acids is 1. The maximum atomic E-state index is 13.9. The van der Waals surface area contributed by atoms with E-state index in [1.54, 1.807) is 13.8 Å². The van der Waals surface area contributed by atoms with Crippen LogP contribution in [0.5, 0.6) is 0 Å². The van der Waals surface area contributed by atoms with Crippen molar-refractivity contribution >= 4 is 17.3 Å². The summed E-state index contributed by atoms with van der Waals surface area (Å²) in [6, 6.07) is 1.88. The number of aromatic carboxylic acids is 1. The van der Waals surface area contributed by atoms with Crippen molar-refractivity contribution < 1.29 is 18.8 Å². The number of aromatic nitrogens is 1. The molecule has 2 aromatic rings. The number of halogens is 1. The molecule has 1 aromatic heterocycles. The van der Waals surface area contributed by atoms with Gasteiger partial charge in [-0.05, 0) is 32.9 Å². The van der Waals surface area contributed by atoms with Gasteiger partial charge in [-0.1, -0.05) is 5.16 Å². The molecule has 6 nitrogen and oxygen atoms in total. The number of hydrogen-bond donors (Lipinski definition) is 3. The molecular formula is C14H16FN3O3. The van der Waals surface area contributed by atoms with Crippen LogP contribution in [0.2, 0.25) is 0 Å². The van der Waals surface area contributed by atoms with Crippen molar-refractivity contribution in [2.75, 3.05) is 11.1 Å². The van der Waals surface area contributed by atoms with E-state index < -0.39 is 11.8 Å². The number of nitrogen functional groups attached to an aromatic ring is 1. The van der Waals surface area contributed by atoms with Gasteiger partial charge in [-0.15, -0.1) is 0 Å². The van der Waals surface area contributed by atoms with Crippen LogP contribution in [0.25, 0.3) is 0 Å². The van der Waals surface area contributed by atoms with E-state index in [2.05, 4.69) is 10.5 Å². The predicted octanol–water partition coefficient (Wildman–Crippen LogP) is 2.88. The van der Waals surface area contributed by atoms with Crippen molar-refractivity contribution in [2.45, 2.75) is 26.8 Å². The molecule has 0 amide bonds. The van der Waals surface area contributed by atoms with Gasteiger partial charge in [-0.3, -0.25) is 0 Å². The van der Waals surface area contributed by atoms with Crippen LogP contribution in [-0.2, 0) is 0 Å². The van der Waals surface area contributed by atoms with Crippen molar-refractivity contribution in [3.05, 3.63) is 40.5 Å².